The van der Waals surface area contributed by atoms with E-state index in [4.69, 9.17) is 24.6 Å². The Bertz CT molecular complexity index is 782. The van der Waals surface area contributed by atoms with E-state index in [-0.39, 0.29) is 18.1 Å². The average molecular weight is 407 g/mol. The quantitative estimate of drug-likeness (QED) is 0.166. The Labute approximate surface area is 166 Å². The van der Waals surface area contributed by atoms with Gasteiger partial charge in [0.1, 0.15) is 36.2 Å². The zero-order valence-corrected chi connectivity index (χ0v) is 15.2. The predicted octanol–water partition coefficient (Wildman–Crippen LogP) is -0.827. The smallest absolute Gasteiger partial charge is 0.336 e. The van der Waals surface area contributed by atoms with Crippen LogP contribution in [0.1, 0.15) is 5.56 Å². The van der Waals surface area contributed by atoms with Crippen LogP contribution >= 0.6 is 0 Å². The lowest BCUT2D eigenvalue weighted by Gasteiger charge is -2.39. The summed E-state index contributed by atoms with van der Waals surface area (Å²) in [6, 6.07) is 7.71. The molecule has 10 heteroatoms. The molecule has 0 spiro atoms. The van der Waals surface area contributed by atoms with Crippen LogP contribution in [0.4, 0.5) is 0 Å². The molecule has 5 atom stereocenters. The Hall–Kier alpha value is -2.78. The highest BCUT2D eigenvalue weighted by atomic mass is 16.7. The molecular weight excluding hydrogens is 386 g/mol. The maximum absolute atomic E-state index is 11.8. The maximum atomic E-state index is 11.8. The van der Waals surface area contributed by atoms with E-state index in [0.29, 0.717) is 5.56 Å². The highest BCUT2D eigenvalue weighted by Crippen LogP contribution is 2.22. The minimum absolute atomic E-state index is 0.0822. The second-order valence-corrected chi connectivity index (χ2v) is 6.06. The van der Waals surface area contributed by atoms with Crippen molar-refractivity contribution in [2.45, 2.75) is 30.7 Å². The summed E-state index contributed by atoms with van der Waals surface area (Å²) in [4.78, 5) is 11.8. The summed E-state index contributed by atoms with van der Waals surface area (Å²) < 4.78 is 15.2. The van der Waals surface area contributed by atoms with Crippen molar-refractivity contribution in [2.75, 3.05) is 13.2 Å². The van der Waals surface area contributed by atoms with Crippen molar-refractivity contribution in [1.82, 2.24) is 0 Å². The van der Waals surface area contributed by atoms with Gasteiger partial charge < -0.3 is 39.7 Å². The summed E-state index contributed by atoms with van der Waals surface area (Å²) in [5.74, 6) is -1.10. The van der Waals surface area contributed by atoms with E-state index in [1.165, 1.54) is 18.2 Å². The number of esters is 1. The van der Waals surface area contributed by atoms with Crippen LogP contribution in [0.2, 0.25) is 0 Å². The molecule has 0 saturated carbocycles. The van der Waals surface area contributed by atoms with Gasteiger partial charge in [-0.15, -0.1) is 0 Å². The third kappa shape index (κ3) is 6.37. The van der Waals surface area contributed by atoms with E-state index in [9.17, 15) is 25.2 Å². The predicted molar refractivity (Wildman–Crippen MR) is 96.6 cm³/mol. The van der Waals surface area contributed by atoms with Gasteiger partial charge in [-0.1, -0.05) is 12.1 Å². The number of nitrogens with zero attached hydrogens (tertiary/aromatic N) is 1. The number of phenols is 1. The maximum Gasteiger partial charge on any atom is 0.336 e. The fourth-order valence-corrected chi connectivity index (χ4v) is 2.43. The molecule has 1 aliphatic heterocycles. The highest BCUT2D eigenvalue weighted by Gasteiger charge is 2.43. The normalized spacial score (nSPS) is 27.6. The number of phenolic OH excluding ortho intramolecular Hbond substituents is 1. The van der Waals surface area contributed by atoms with Crippen molar-refractivity contribution in [3.05, 3.63) is 47.7 Å². The second kappa shape index (κ2) is 10.7. The minimum Gasteiger partial charge on any atom is -0.508 e. The van der Waals surface area contributed by atoms with Crippen LogP contribution in [-0.2, 0) is 19.0 Å². The van der Waals surface area contributed by atoms with Gasteiger partial charge in [0.2, 0.25) is 5.76 Å². The zero-order valence-electron chi connectivity index (χ0n) is 15.2. The van der Waals surface area contributed by atoms with Gasteiger partial charge in [-0.2, -0.15) is 5.26 Å². The Kier molecular flexibility index (Phi) is 8.29. The molecule has 156 valence electrons. The molecule has 0 radical (unpaired) electrons. The first-order valence-corrected chi connectivity index (χ1v) is 8.57. The number of aliphatic hydroxyl groups is 4. The van der Waals surface area contributed by atoms with Gasteiger partial charge in [0, 0.05) is 6.08 Å². The van der Waals surface area contributed by atoms with Gasteiger partial charge in [0.15, 0.2) is 6.29 Å². The third-order valence-corrected chi connectivity index (χ3v) is 4.00. The molecule has 1 aromatic carbocycles. The lowest BCUT2D eigenvalue weighted by Crippen LogP contribution is -2.59. The third-order valence-electron chi connectivity index (χ3n) is 4.00. The van der Waals surface area contributed by atoms with E-state index < -0.39 is 43.3 Å². The molecule has 0 aromatic heterocycles. The molecule has 0 bridgehead atoms. The second-order valence-electron chi connectivity index (χ2n) is 6.06. The van der Waals surface area contributed by atoms with Crippen LogP contribution in [0, 0.1) is 11.3 Å². The van der Waals surface area contributed by atoms with Gasteiger partial charge in [0.25, 0.3) is 0 Å². The van der Waals surface area contributed by atoms with Gasteiger partial charge in [-0.3, -0.25) is 0 Å². The van der Waals surface area contributed by atoms with Crippen LogP contribution in [0.3, 0.4) is 0 Å². The van der Waals surface area contributed by atoms with Crippen LogP contribution in [0.5, 0.6) is 5.75 Å². The van der Waals surface area contributed by atoms with E-state index in [2.05, 4.69) is 0 Å². The van der Waals surface area contributed by atoms with E-state index in [1.54, 1.807) is 18.2 Å². The number of nitriles is 1. The van der Waals surface area contributed by atoms with Crippen LogP contribution in [0.15, 0.2) is 42.2 Å². The number of allylic oxidation sites excluding steroid dienone is 1. The topological polar surface area (TPSA) is 170 Å². The number of carbonyl (C=O) groups is 1. The minimum atomic E-state index is -1.59. The number of carbonyl (C=O) groups excluding carboxylic acids is 1. The van der Waals surface area contributed by atoms with Gasteiger partial charge in [-0.25, -0.2) is 4.79 Å². The molecular formula is C19H21NO9. The first-order valence-electron chi connectivity index (χ1n) is 8.57. The molecule has 0 amide bonds. The number of benzene rings is 1. The van der Waals surface area contributed by atoms with Crippen molar-refractivity contribution in [2.24, 2.45) is 0 Å². The number of aliphatic hydroxyl groups excluding tert-OH is 4. The van der Waals surface area contributed by atoms with Crippen molar-refractivity contribution in [3.8, 4) is 11.8 Å². The summed E-state index contributed by atoms with van der Waals surface area (Å²) in [5.41, 5.74) is 0.633. The van der Waals surface area contributed by atoms with E-state index in [0.717, 1.165) is 12.2 Å². The Morgan fingerprint density at radius 2 is 1.86 bits per heavy atom. The molecule has 29 heavy (non-hydrogen) atoms. The average Bonchev–Trinajstić information content (AvgIpc) is 2.72. The molecule has 10 nitrogen and oxygen atoms in total. The number of rotatable bonds is 7. The van der Waals surface area contributed by atoms with Crippen molar-refractivity contribution < 1.29 is 44.5 Å². The standard InChI is InChI=1S/C19H21NO9/c20-9-13(28-15(23)6-3-11-1-4-12(22)5-2-11)7-8-27-19-18(26)17(25)16(24)14(10-21)29-19/h1-7,14,16-19,21-22,24-26H,8,10H2/b6-3+,13-7+/t14-,16-,17+,18-,19-/m1/s1. The zero-order chi connectivity index (χ0) is 21.4. The SMILES string of the molecule is N#C/C(=C\CO[C@@H]1O[C@H](CO)[C@@H](O)[C@H](O)[C@H]1O)OC(=O)/C=C/c1ccc(O)cc1. The van der Waals surface area contributed by atoms with Crippen LogP contribution < -0.4 is 0 Å². The lowest BCUT2D eigenvalue weighted by atomic mass is 9.99. The first kappa shape index (κ1) is 22.5. The Morgan fingerprint density at radius 1 is 1.17 bits per heavy atom. The summed E-state index contributed by atoms with van der Waals surface area (Å²) >= 11 is 0. The first-order chi connectivity index (χ1) is 13.8. The molecule has 5 N–H and O–H groups in total. The molecule has 1 fully saturated rings. The van der Waals surface area contributed by atoms with Crippen molar-refractivity contribution in [3.63, 3.8) is 0 Å². The highest BCUT2D eigenvalue weighted by molar-refractivity contribution is 5.88. The van der Waals surface area contributed by atoms with Gasteiger partial charge in [-0.05, 0) is 29.8 Å². The Balaban J connectivity index is 1.88. The summed E-state index contributed by atoms with van der Waals surface area (Å²) in [7, 11) is 0. The molecule has 1 heterocycles. The number of hydrogen-bond donors (Lipinski definition) is 5. The fraction of sp³-hybridized carbons (Fsp3) is 0.368. The molecule has 2 rings (SSSR count). The fourth-order valence-electron chi connectivity index (χ4n) is 2.43. The van der Waals surface area contributed by atoms with E-state index >= 15 is 0 Å². The summed E-state index contributed by atoms with van der Waals surface area (Å²) in [6.45, 7) is -0.921. The molecule has 0 unspecified atom stereocenters. The molecule has 1 saturated heterocycles. The van der Waals surface area contributed by atoms with Crippen molar-refractivity contribution >= 4 is 12.0 Å². The Morgan fingerprint density at radius 3 is 2.48 bits per heavy atom. The molecule has 1 aliphatic rings. The van der Waals surface area contributed by atoms with Crippen molar-refractivity contribution in [1.29, 1.82) is 5.26 Å². The lowest BCUT2D eigenvalue weighted by molar-refractivity contribution is -0.298. The summed E-state index contributed by atoms with van der Waals surface area (Å²) in [5, 5.41) is 56.6. The monoisotopic (exact) mass is 407 g/mol. The van der Waals surface area contributed by atoms with Crippen LogP contribution in [-0.4, -0.2) is 75.4 Å². The molecule has 0 aliphatic carbocycles. The largest absolute Gasteiger partial charge is 0.508 e. The van der Waals surface area contributed by atoms with Gasteiger partial charge in [0.05, 0.1) is 13.2 Å². The summed E-state index contributed by atoms with van der Waals surface area (Å²) in [6.07, 6.45) is -3.53. The molecule has 1 aromatic rings. The van der Waals surface area contributed by atoms with Crippen LogP contribution in [0.25, 0.3) is 6.08 Å². The number of ether oxygens (including phenoxy) is 3. The van der Waals surface area contributed by atoms with E-state index in [1.807, 2.05) is 0 Å². The number of hydrogen-bond acceptors (Lipinski definition) is 10. The number of aromatic hydroxyl groups is 1. The van der Waals surface area contributed by atoms with Gasteiger partial charge >= 0.3 is 5.97 Å².